The number of aromatic nitrogens is 1. The van der Waals surface area contributed by atoms with Crippen molar-refractivity contribution in [3.8, 4) is 0 Å². The van der Waals surface area contributed by atoms with Gasteiger partial charge in [0.1, 0.15) is 0 Å². The number of amides is 2. The van der Waals surface area contributed by atoms with E-state index in [2.05, 4.69) is 41.2 Å². The van der Waals surface area contributed by atoms with E-state index in [1.165, 1.54) is 22.2 Å². The minimum absolute atomic E-state index is 0.0795. The molecule has 4 heteroatoms. The van der Waals surface area contributed by atoms with E-state index < -0.39 is 0 Å². The van der Waals surface area contributed by atoms with Crippen LogP contribution >= 0.6 is 0 Å². The highest BCUT2D eigenvalue weighted by Crippen LogP contribution is 2.37. The molecule has 3 heterocycles. The first-order valence-electron chi connectivity index (χ1n) is 6.38. The molecule has 4 nitrogen and oxygen atoms in total. The molecule has 4 rings (SSSR count). The first-order valence-corrected chi connectivity index (χ1v) is 6.38. The van der Waals surface area contributed by atoms with Gasteiger partial charge in [0, 0.05) is 36.7 Å². The van der Waals surface area contributed by atoms with Crippen LogP contribution < -0.4 is 5.32 Å². The van der Waals surface area contributed by atoms with E-state index in [1.54, 1.807) is 0 Å². The molecule has 2 aliphatic rings. The Balaban J connectivity index is 2.00. The van der Waals surface area contributed by atoms with Crippen LogP contribution in [0.1, 0.15) is 17.3 Å². The fraction of sp³-hybridized carbons (Fsp3) is 0.357. The van der Waals surface area contributed by atoms with Gasteiger partial charge in [-0.3, -0.25) is 0 Å². The van der Waals surface area contributed by atoms with Gasteiger partial charge in [-0.05, 0) is 18.1 Å². The Kier molecular flexibility index (Phi) is 1.82. The van der Waals surface area contributed by atoms with Gasteiger partial charge in [0.15, 0.2) is 0 Å². The summed E-state index contributed by atoms with van der Waals surface area (Å²) < 4.78 is 2.25. The summed E-state index contributed by atoms with van der Waals surface area (Å²) in [4.78, 5) is 13.7. The maximum absolute atomic E-state index is 11.8. The lowest BCUT2D eigenvalue weighted by Gasteiger charge is -2.29. The summed E-state index contributed by atoms with van der Waals surface area (Å²) in [6, 6.07) is 8.79. The number of aryl methyl sites for hydroxylation is 1. The molecule has 1 aromatic heterocycles. The topological polar surface area (TPSA) is 37.3 Å². The third-order valence-corrected chi connectivity index (χ3v) is 4.26. The van der Waals surface area contributed by atoms with E-state index >= 15 is 0 Å². The van der Waals surface area contributed by atoms with Crippen molar-refractivity contribution in [2.45, 2.75) is 12.5 Å². The van der Waals surface area contributed by atoms with E-state index in [4.69, 9.17) is 0 Å². The minimum Gasteiger partial charge on any atom is -0.345 e. The summed E-state index contributed by atoms with van der Waals surface area (Å²) in [5.41, 5.74) is 4.00. The number of fused-ring (bicyclic) bond motifs is 5. The summed E-state index contributed by atoms with van der Waals surface area (Å²) in [6.45, 7) is 1.56. The molecule has 0 spiro atoms. The summed E-state index contributed by atoms with van der Waals surface area (Å²) >= 11 is 0. The summed E-state index contributed by atoms with van der Waals surface area (Å²) in [6.07, 6.45) is 0.959. The zero-order valence-electron chi connectivity index (χ0n) is 10.3. The number of nitrogens with one attached hydrogen (secondary N) is 1. The molecular weight excluding hydrogens is 226 g/mol. The van der Waals surface area contributed by atoms with E-state index in [0.717, 1.165) is 19.5 Å². The number of hydrogen-bond acceptors (Lipinski definition) is 1. The van der Waals surface area contributed by atoms with Gasteiger partial charge in [-0.1, -0.05) is 18.2 Å². The molecule has 2 amide bonds. The Hall–Kier alpha value is -1.97. The standard InChI is InChI=1S/C14H15N3O/c1-16-11-5-3-2-4-9(11)10-6-7-17-12(13(10)16)8-15-14(17)18/h2-5,12H,6-8H2,1H3,(H,15,18). The summed E-state index contributed by atoms with van der Waals surface area (Å²) in [5, 5.41) is 4.29. The van der Waals surface area contributed by atoms with Gasteiger partial charge in [0.2, 0.25) is 0 Å². The second-order valence-corrected chi connectivity index (χ2v) is 5.09. The second-order valence-electron chi connectivity index (χ2n) is 5.09. The van der Waals surface area contributed by atoms with Crippen LogP contribution in [-0.2, 0) is 13.5 Å². The van der Waals surface area contributed by atoms with Crippen LogP contribution in [0.3, 0.4) is 0 Å². The molecule has 2 aliphatic heterocycles. The minimum atomic E-state index is 0.0795. The highest BCUT2D eigenvalue weighted by atomic mass is 16.2. The van der Waals surface area contributed by atoms with Crippen molar-refractivity contribution in [2.75, 3.05) is 13.1 Å². The van der Waals surface area contributed by atoms with Gasteiger partial charge in [-0.25, -0.2) is 4.79 Å². The van der Waals surface area contributed by atoms with Crippen LogP contribution in [0.5, 0.6) is 0 Å². The molecule has 1 aromatic carbocycles. The van der Waals surface area contributed by atoms with Crippen LogP contribution in [0.2, 0.25) is 0 Å². The SMILES string of the molecule is Cn1c2c(c3ccccc31)CCN1C(=O)NCC21. The van der Waals surface area contributed by atoms with Gasteiger partial charge < -0.3 is 14.8 Å². The van der Waals surface area contributed by atoms with Crippen molar-refractivity contribution < 1.29 is 4.79 Å². The average Bonchev–Trinajstić information content (AvgIpc) is 2.91. The maximum Gasteiger partial charge on any atom is 0.318 e. The lowest BCUT2D eigenvalue weighted by molar-refractivity contribution is 0.199. The van der Waals surface area contributed by atoms with Crippen LogP contribution in [0.15, 0.2) is 24.3 Å². The predicted octanol–water partition coefficient (Wildman–Crippen LogP) is 1.80. The van der Waals surface area contributed by atoms with Crippen LogP contribution in [0.25, 0.3) is 10.9 Å². The van der Waals surface area contributed by atoms with Crippen molar-refractivity contribution in [1.29, 1.82) is 0 Å². The molecule has 1 atom stereocenters. The number of carbonyl (C=O) groups is 1. The molecule has 18 heavy (non-hydrogen) atoms. The van der Waals surface area contributed by atoms with Crippen molar-refractivity contribution in [2.24, 2.45) is 7.05 Å². The Morgan fingerprint density at radius 2 is 2.17 bits per heavy atom. The fourth-order valence-corrected chi connectivity index (χ4v) is 3.45. The molecule has 1 saturated heterocycles. The van der Waals surface area contributed by atoms with Gasteiger partial charge in [-0.2, -0.15) is 0 Å². The van der Waals surface area contributed by atoms with Gasteiger partial charge >= 0.3 is 6.03 Å². The smallest absolute Gasteiger partial charge is 0.318 e. The Morgan fingerprint density at radius 1 is 1.33 bits per heavy atom. The van der Waals surface area contributed by atoms with E-state index in [9.17, 15) is 4.79 Å². The molecular formula is C14H15N3O. The fourth-order valence-electron chi connectivity index (χ4n) is 3.45. The highest BCUT2D eigenvalue weighted by molar-refractivity contribution is 5.87. The Morgan fingerprint density at radius 3 is 3.06 bits per heavy atom. The number of para-hydroxylation sites is 1. The molecule has 1 N–H and O–H groups in total. The zero-order valence-corrected chi connectivity index (χ0v) is 10.3. The quantitative estimate of drug-likeness (QED) is 0.750. The first kappa shape index (κ1) is 10.00. The molecule has 0 aliphatic carbocycles. The Bertz CT molecular complexity index is 658. The third-order valence-electron chi connectivity index (χ3n) is 4.26. The van der Waals surface area contributed by atoms with Crippen LogP contribution in [-0.4, -0.2) is 28.6 Å². The number of carbonyl (C=O) groups excluding carboxylic acids is 1. The number of nitrogens with zero attached hydrogens (tertiary/aromatic N) is 2. The van der Waals surface area contributed by atoms with Crippen molar-refractivity contribution in [1.82, 2.24) is 14.8 Å². The largest absolute Gasteiger partial charge is 0.345 e. The van der Waals surface area contributed by atoms with E-state index in [0.29, 0.717) is 0 Å². The Labute approximate surface area is 105 Å². The lowest BCUT2D eigenvalue weighted by atomic mass is 9.98. The van der Waals surface area contributed by atoms with Crippen molar-refractivity contribution >= 4 is 16.9 Å². The predicted molar refractivity (Wildman–Crippen MR) is 69.5 cm³/mol. The molecule has 1 fully saturated rings. The third kappa shape index (κ3) is 1.08. The second kappa shape index (κ2) is 3.28. The average molecular weight is 241 g/mol. The molecule has 0 saturated carbocycles. The van der Waals surface area contributed by atoms with E-state index in [-0.39, 0.29) is 12.1 Å². The molecule has 2 aromatic rings. The van der Waals surface area contributed by atoms with Crippen molar-refractivity contribution in [3.63, 3.8) is 0 Å². The monoisotopic (exact) mass is 241 g/mol. The molecule has 1 unspecified atom stereocenters. The van der Waals surface area contributed by atoms with Crippen molar-refractivity contribution in [3.05, 3.63) is 35.5 Å². The van der Waals surface area contributed by atoms with E-state index in [1.807, 2.05) is 4.90 Å². The van der Waals surface area contributed by atoms with Gasteiger partial charge in [0.05, 0.1) is 6.04 Å². The van der Waals surface area contributed by atoms with Gasteiger partial charge in [-0.15, -0.1) is 0 Å². The number of benzene rings is 1. The van der Waals surface area contributed by atoms with Gasteiger partial charge in [0.25, 0.3) is 0 Å². The molecule has 0 radical (unpaired) electrons. The summed E-state index contributed by atoms with van der Waals surface area (Å²) in [5.74, 6) is 0. The van der Waals surface area contributed by atoms with Crippen LogP contribution in [0, 0.1) is 0 Å². The normalized spacial score (nSPS) is 21.9. The zero-order chi connectivity index (χ0) is 12.3. The lowest BCUT2D eigenvalue weighted by Crippen LogP contribution is -2.35. The highest BCUT2D eigenvalue weighted by Gasteiger charge is 2.38. The first-order chi connectivity index (χ1) is 8.77. The summed E-state index contributed by atoms with van der Waals surface area (Å²) in [7, 11) is 2.10. The number of urea groups is 1. The van der Waals surface area contributed by atoms with Crippen LogP contribution in [0.4, 0.5) is 4.79 Å². The maximum atomic E-state index is 11.8. The number of rotatable bonds is 0. The molecule has 92 valence electrons. The number of hydrogen-bond donors (Lipinski definition) is 1. The molecule has 0 bridgehead atoms.